The minimum Gasteiger partial charge on any atom is -0.396 e. The fourth-order valence-corrected chi connectivity index (χ4v) is 1.68. The average Bonchev–Trinajstić information content (AvgIpc) is 2.39. The molecule has 0 aliphatic heterocycles. The van der Waals surface area contributed by atoms with Gasteiger partial charge in [-0.1, -0.05) is 13.0 Å². The summed E-state index contributed by atoms with van der Waals surface area (Å²) in [6.45, 7) is 3.86. The summed E-state index contributed by atoms with van der Waals surface area (Å²) in [5.74, 6) is 0. The highest BCUT2D eigenvalue weighted by atomic mass is 16.3. The van der Waals surface area contributed by atoms with Gasteiger partial charge in [-0.25, -0.2) is 4.79 Å². The van der Waals surface area contributed by atoms with Crippen LogP contribution in [0.2, 0.25) is 0 Å². The standard InChI is InChI=1S/C14H19N3O2/c1-3-14(2,7-8-18)17-13(19)16-12-6-4-5-11(9-12)10-15/h4-6,9,18H,3,7-8H2,1-2H3,(H2,16,17,19). The summed E-state index contributed by atoms with van der Waals surface area (Å²) >= 11 is 0. The highest BCUT2D eigenvalue weighted by molar-refractivity contribution is 5.89. The lowest BCUT2D eigenvalue weighted by molar-refractivity contribution is 0.208. The van der Waals surface area contributed by atoms with Crippen molar-refractivity contribution in [3.05, 3.63) is 29.8 Å². The summed E-state index contributed by atoms with van der Waals surface area (Å²) in [6, 6.07) is 8.38. The predicted molar refractivity (Wildman–Crippen MR) is 73.7 cm³/mol. The number of urea groups is 1. The van der Waals surface area contributed by atoms with Crippen molar-refractivity contribution >= 4 is 11.7 Å². The number of nitriles is 1. The second kappa shape index (κ2) is 6.76. The van der Waals surface area contributed by atoms with Crippen LogP contribution in [-0.4, -0.2) is 23.3 Å². The van der Waals surface area contributed by atoms with Gasteiger partial charge in [0, 0.05) is 17.8 Å². The van der Waals surface area contributed by atoms with Gasteiger partial charge in [0.1, 0.15) is 0 Å². The lowest BCUT2D eigenvalue weighted by Crippen LogP contribution is -2.48. The van der Waals surface area contributed by atoms with E-state index in [9.17, 15) is 4.79 Å². The fourth-order valence-electron chi connectivity index (χ4n) is 1.68. The van der Waals surface area contributed by atoms with E-state index < -0.39 is 5.54 Å². The first-order valence-electron chi connectivity index (χ1n) is 6.23. The van der Waals surface area contributed by atoms with Crippen LogP contribution in [0.25, 0.3) is 0 Å². The zero-order valence-corrected chi connectivity index (χ0v) is 11.2. The number of aliphatic hydroxyl groups is 1. The van der Waals surface area contributed by atoms with Gasteiger partial charge in [0.05, 0.1) is 11.6 Å². The smallest absolute Gasteiger partial charge is 0.319 e. The number of aliphatic hydroxyl groups excluding tert-OH is 1. The van der Waals surface area contributed by atoms with Crippen molar-refractivity contribution in [3.63, 3.8) is 0 Å². The lowest BCUT2D eigenvalue weighted by atomic mass is 9.95. The molecule has 102 valence electrons. The summed E-state index contributed by atoms with van der Waals surface area (Å²) in [6.07, 6.45) is 1.22. The summed E-state index contributed by atoms with van der Waals surface area (Å²) in [7, 11) is 0. The molecule has 1 aromatic carbocycles. The Morgan fingerprint density at radius 1 is 1.53 bits per heavy atom. The van der Waals surface area contributed by atoms with Crippen LogP contribution in [0.5, 0.6) is 0 Å². The van der Waals surface area contributed by atoms with Gasteiger partial charge >= 0.3 is 6.03 Å². The van der Waals surface area contributed by atoms with E-state index in [0.29, 0.717) is 17.7 Å². The van der Waals surface area contributed by atoms with Gasteiger partial charge in [0.15, 0.2) is 0 Å². The summed E-state index contributed by atoms with van der Waals surface area (Å²) < 4.78 is 0. The molecule has 0 aromatic heterocycles. The molecular weight excluding hydrogens is 242 g/mol. The quantitative estimate of drug-likeness (QED) is 0.759. The van der Waals surface area contributed by atoms with Gasteiger partial charge in [-0.15, -0.1) is 0 Å². The highest BCUT2D eigenvalue weighted by Gasteiger charge is 2.23. The van der Waals surface area contributed by atoms with Crippen molar-refractivity contribution in [1.82, 2.24) is 5.32 Å². The van der Waals surface area contributed by atoms with Crippen molar-refractivity contribution in [2.75, 3.05) is 11.9 Å². The SMILES string of the molecule is CCC(C)(CCO)NC(=O)Nc1cccc(C#N)c1. The van der Waals surface area contributed by atoms with Crippen LogP contribution < -0.4 is 10.6 Å². The second-order valence-corrected chi connectivity index (χ2v) is 4.66. The molecule has 0 aliphatic rings. The third kappa shape index (κ3) is 4.60. The normalized spacial score (nSPS) is 13.2. The molecule has 0 spiro atoms. The van der Waals surface area contributed by atoms with Crippen LogP contribution in [0.3, 0.4) is 0 Å². The summed E-state index contributed by atoms with van der Waals surface area (Å²) in [4.78, 5) is 11.9. The summed E-state index contributed by atoms with van der Waals surface area (Å²) in [5, 5.41) is 23.3. The van der Waals surface area contributed by atoms with Crippen molar-refractivity contribution in [2.45, 2.75) is 32.2 Å². The molecule has 0 radical (unpaired) electrons. The van der Waals surface area contributed by atoms with E-state index in [1.165, 1.54) is 0 Å². The molecule has 3 N–H and O–H groups in total. The van der Waals surface area contributed by atoms with E-state index in [2.05, 4.69) is 10.6 Å². The Bertz CT molecular complexity index is 482. The Hall–Kier alpha value is -2.06. The first kappa shape index (κ1) is 15.0. The van der Waals surface area contributed by atoms with Crippen LogP contribution in [-0.2, 0) is 0 Å². The van der Waals surface area contributed by atoms with Crippen molar-refractivity contribution in [3.8, 4) is 6.07 Å². The van der Waals surface area contributed by atoms with Crippen LogP contribution >= 0.6 is 0 Å². The Balaban J connectivity index is 2.67. The number of nitrogens with zero attached hydrogens (tertiary/aromatic N) is 1. The monoisotopic (exact) mass is 261 g/mol. The third-order valence-electron chi connectivity index (χ3n) is 3.11. The Morgan fingerprint density at radius 2 is 2.26 bits per heavy atom. The Morgan fingerprint density at radius 3 is 2.84 bits per heavy atom. The van der Waals surface area contributed by atoms with E-state index in [1.807, 2.05) is 19.9 Å². The maximum atomic E-state index is 11.9. The van der Waals surface area contributed by atoms with Crippen molar-refractivity contribution < 1.29 is 9.90 Å². The van der Waals surface area contributed by atoms with Crippen LogP contribution in [0.1, 0.15) is 32.3 Å². The molecule has 0 saturated carbocycles. The number of anilines is 1. The van der Waals surface area contributed by atoms with Gasteiger partial charge in [-0.3, -0.25) is 0 Å². The van der Waals surface area contributed by atoms with Crippen molar-refractivity contribution in [2.24, 2.45) is 0 Å². The Kier molecular flexibility index (Phi) is 5.34. The van der Waals surface area contributed by atoms with E-state index in [1.54, 1.807) is 24.3 Å². The fraction of sp³-hybridized carbons (Fsp3) is 0.429. The van der Waals surface area contributed by atoms with E-state index >= 15 is 0 Å². The predicted octanol–water partition coefficient (Wildman–Crippen LogP) is 2.23. The number of nitrogens with one attached hydrogen (secondary N) is 2. The van der Waals surface area contributed by atoms with Crippen LogP contribution in [0.4, 0.5) is 10.5 Å². The van der Waals surface area contributed by atoms with Gasteiger partial charge < -0.3 is 15.7 Å². The molecule has 19 heavy (non-hydrogen) atoms. The zero-order chi connectivity index (χ0) is 14.3. The zero-order valence-electron chi connectivity index (χ0n) is 11.2. The van der Waals surface area contributed by atoms with E-state index in [4.69, 9.17) is 10.4 Å². The van der Waals surface area contributed by atoms with Gasteiger partial charge in [-0.2, -0.15) is 5.26 Å². The first-order valence-corrected chi connectivity index (χ1v) is 6.23. The molecule has 2 amide bonds. The van der Waals surface area contributed by atoms with E-state index in [-0.39, 0.29) is 12.6 Å². The molecule has 5 heteroatoms. The maximum absolute atomic E-state index is 11.9. The van der Waals surface area contributed by atoms with Gasteiger partial charge in [0.25, 0.3) is 0 Å². The molecule has 0 saturated heterocycles. The molecule has 1 atom stereocenters. The number of rotatable bonds is 5. The largest absolute Gasteiger partial charge is 0.396 e. The number of carbonyl (C=O) groups excluding carboxylic acids is 1. The minimum absolute atomic E-state index is 0.0224. The van der Waals surface area contributed by atoms with Crippen LogP contribution in [0, 0.1) is 11.3 Å². The van der Waals surface area contributed by atoms with Gasteiger partial charge in [0.2, 0.25) is 0 Å². The molecule has 1 aromatic rings. The minimum atomic E-state index is -0.439. The molecular formula is C14H19N3O2. The number of carbonyl (C=O) groups is 1. The summed E-state index contributed by atoms with van der Waals surface area (Å²) in [5.41, 5.74) is 0.622. The van der Waals surface area contributed by atoms with Crippen LogP contribution in [0.15, 0.2) is 24.3 Å². The topological polar surface area (TPSA) is 85.2 Å². The lowest BCUT2D eigenvalue weighted by Gasteiger charge is -2.29. The molecule has 0 fully saturated rings. The number of benzene rings is 1. The molecule has 1 unspecified atom stereocenters. The molecule has 0 bridgehead atoms. The Labute approximate surface area is 113 Å². The molecule has 0 heterocycles. The molecule has 5 nitrogen and oxygen atoms in total. The van der Waals surface area contributed by atoms with Gasteiger partial charge in [-0.05, 0) is 38.0 Å². The van der Waals surface area contributed by atoms with E-state index in [0.717, 1.165) is 6.42 Å². The second-order valence-electron chi connectivity index (χ2n) is 4.66. The first-order chi connectivity index (χ1) is 9.03. The number of amides is 2. The highest BCUT2D eigenvalue weighted by Crippen LogP contribution is 2.15. The average molecular weight is 261 g/mol. The number of hydrogen-bond donors (Lipinski definition) is 3. The molecule has 0 aliphatic carbocycles. The third-order valence-corrected chi connectivity index (χ3v) is 3.11. The van der Waals surface area contributed by atoms with Crippen molar-refractivity contribution in [1.29, 1.82) is 5.26 Å². The maximum Gasteiger partial charge on any atom is 0.319 e. The number of hydrogen-bond acceptors (Lipinski definition) is 3. The molecule has 1 rings (SSSR count).